The van der Waals surface area contributed by atoms with Crippen LogP contribution in [0.15, 0.2) is 12.7 Å². The first-order chi connectivity index (χ1) is 5.56. The topological polar surface area (TPSA) is 20.2 Å². The van der Waals surface area contributed by atoms with Crippen molar-refractivity contribution >= 4 is 8.07 Å². The molecule has 1 N–H and O–H groups in total. The van der Waals surface area contributed by atoms with Crippen LogP contribution in [0.2, 0.25) is 18.1 Å². The van der Waals surface area contributed by atoms with Crippen LogP contribution in [-0.4, -0.2) is 18.4 Å². The fraction of sp³-hybridized carbons (Fsp3) is 0.818. The van der Waals surface area contributed by atoms with Gasteiger partial charge in [-0.2, -0.15) is 0 Å². The van der Waals surface area contributed by atoms with Gasteiger partial charge in [-0.05, 0) is 18.4 Å². The third-order valence-electron chi connectivity index (χ3n) is 3.76. The molecule has 0 bridgehead atoms. The minimum atomic E-state index is -1.67. The van der Waals surface area contributed by atoms with E-state index in [1.807, 2.05) is 13.0 Å². The van der Waals surface area contributed by atoms with E-state index in [1.165, 1.54) is 0 Å². The number of hydrogen-bond donors (Lipinski definition) is 1. The summed E-state index contributed by atoms with van der Waals surface area (Å²) in [4.78, 5) is 0. The Morgan fingerprint density at radius 1 is 1.23 bits per heavy atom. The number of rotatable bonds is 3. The Hall–Kier alpha value is -0.0831. The molecule has 0 heterocycles. The molecule has 0 rings (SSSR count). The molecule has 0 spiro atoms. The summed E-state index contributed by atoms with van der Waals surface area (Å²) >= 11 is 0. The van der Waals surface area contributed by atoms with Crippen LogP contribution in [0.5, 0.6) is 0 Å². The Morgan fingerprint density at radius 3 is 1.85 bits per heavy atom. The van der Waals surface area contributed by atoms with E-state index in [4.69, 9.17) is 0 Å². The molecule has 13 heavy (non-hydrogen) atoms. The summed E-state index contributed by atoms with van der Waals surface area (Å²) in [5, 5.41) is 10.0. The minimum Gasteiger partial charge on any atom is -0.393 e. The lowest BCUT2D eigenvalue weighted by atomic mass is 10.2. The summed E-state index contributed by atoms with van der Waals surface area (Å²) in [6.07, 6.45) is 2.52. The van der Waals surface area contributed by atoms with Gasteiger partial charge in [-0.3, -0.25) is 0 Å². The van der Waals surface area contributed by atoms with E-state index < -0.39 is 13.3 Å². The van der Waals surface area contributed by atoms with Crippen molar-refractivity contribution < 1.29 is 5.11 Å². The molecular formula is C11H24OSi. The molecule has 1 unspecified atom stereocenters. The molecule has 0 amide bonds. The highest BCUT2D eigenvalue weighted by Gasteiger charge is 2.48. The second-order valence-corrected chi connectivity index (χ2v) is 11.5. The van der Waals surface area contributed by atoms with Crippen LogP contribution in [-0.2, 0) is 0 Å². The molecule has 0 aliphatic carbocycles. The number of aliphatic hydroxyl groups is 1. The monoisotopic (exact) mass is 200 g/mol. The van der Waals surface area contributed by atoms with Crippen molar-refractivity contribution in [2.24, 2.45) is 0 Å². The summed E-state index contributed by atoms with van der Waals surface area (Å²) in [7, 11) is -1.67. The second-order valence-electron chi connectivity index (χ2n) is 5.64. The van der Waals surface area contributed by atoms with Crippen LogP contribution in [0.3, 0.4) is 0 Å². The quantitative estimate of drug-likeness (QED) is 0.547. The van der Waals surface area contributed by atoms with Gasteiger partial charge in [0.05, 0.1) is 13.3 Å². The van der Waals surface area contributed by atoms with Crippen molar-refractivity contribution in [1.29, 1.82) is 0 Å². The first kappa shape index (κ1) is 12.9. The van der Waals surface area contributed by atoms with Gasteiger partial charge in [0, 0.05) is 0 Å². The normalized spacial score (nSPS) is 18.1. The van der Waals surface area contributed by atoms with Crippen LogP contribution in [0, 0.1) is 0 Å². The molecule has 0 aromatic carbocycles. The van der Waals surface area contributed by atoms with E-state index in [2.05, 4.69) is 40.4 Å². The Labute approximate surface area is 83.9 Å². The molecule has 78 valence electrons. The average Bonchev–Trinajstić information content (AvgIpc) is 1.84. The number of hydrogen-bond acceptors (Lipinski definition) is 1. The van der Waals surface area contributed by atoms with E-state index in [9.17, 15) is 5.11 Å². The van der Waals surface area contributed by atoms with Crippen LogP contribution in [0.1, 0.15) is 34.1 Å². The molecular weight excluding hydrogens is 176 g/mol. The molecule has 0 aliphatic heterocycles. The highest BCUT2D eigenvalue weighted by Crippen LogP contribution is 2.43. The van der Waals surface area contributed by atoms with Crippen molar-refractivity contribution in [2.45, 2.75) is 57.5 Å². The van der Waals surface area contributed by atoms with E-state index in [1.54, 1.807) is 0 Å². The highest BCUT2D eigenvalue weighted by atomic mass is 28.3. The third-order valence-corrected chi connectivity index (χ3v) is 10.4. The zero-order valence-electron chi connectivity index (χ0n) is 9.94. The van der Waals surface area contributed by atoms with Gasteiger partial charge in [-0.15, -0.1) is 6.58 Å². The van der Waals surface area contributed by atoms with E-state index in [0.29, 0.717) is 6.42 Å². The maximum Gasteiger partial charge on any atom is 0.0904 e. The lowest BCUT2D eigenvalue weighted by Crippen LogP contribution is -2.57. The van der Waals surface area contributed by atoms with Gasteiger partial charge < -0.3 is 5.11 Å². The maximum absolute atomic E-state index is 10.4. The van der Waals surface area contributed by atoms with Gasteiger partial charge in [0.25, 0.3) is 0 Å². The first-order valence-corrected chi connectivity index (χ1v) is 7.89. The van der Waals surface area contributed by atoms with Crippen molar-refractivity contribution in [3.05, 3.63) is 12.7 Å². The molecule has 0 aromatic heterocycles. The van der Waals surface area contributed by atoms with Gasteiger partial charge in [-0.25, -0.2) is 0 Å². The molecule has 0 saturated carbocycles. The molecule has 1 nitrogen and oxygen atoms in total. The largest absolute Gasteiger partial charge is 0.393 e. The van der Waals surface area contributed by atoms with Crippen molar-refractivity contribution in [1.82, 2.24) is 0 Å². The zero-order valence-corrected chi connectivity index (χ0v) is 10.9. The van der Waals surface area contributed by atoms with Crippen LogP contribution < -0.4 is 0 Å². The molecule has 0 aromatic rings. The average molecular weight is 200 g/mol. The van der Waals surface area contributed by atoms with Crippen molar-refractivity contribution in [3.8, 4) is 0 Å². The molecule has 0 fully saturated rings. The fourth-order valence-corrected chi connectivity index (χ4v) is 3.61. The summed E-state index contributed by atoms with van der Waals surface area (Å²) in [6.45, 7) is 16.8. The Balaban J connectivity index is 4.91. The molecule has 0 radical (unpaired) electrons. The summed E-state index contributed by atoms with van der Waals surface area (Å²) in [5.41, 5.74) is 0. The van der Waals surface area contributed by atoms with Crippen LogP contribution >= 0.6 is 0 Å². The highest BCUT2D eigenvalue weighted by molar-refractivity contribution is 6.82. The zero-order chi connectivity index (χ0) is 10.9. The third kappa shape index (κ3) is 2.44. The van der Waals surface area contributed by atoms with Crippen LogP contribution in [0.25, 0.3) is 0 Å². The predicted octanol–water partition coefficient (Wildman–Crippen LogP) is 3.36. The molecule has 1 atom stereocenters. The van der Waals surface area contributed by atoms with Gasteiger partial charge >= 0.3 is 0 Å². The van der Waals surface area contributed by atoms with Crippen molar-refractivity contribution in [2.75, 3.05) is 0 Å². The van der Waals surface area contributed by atoms with Gasteiger partial charge in [-0.1, -0.05) is 39.9 Å². The lowest BCUT2D eigenvalue weighted by Gasteiger charge is -2.47. The standard InChI is InChI=1S/C11H24OSi/c1-8-9-11(5,12)13(6,7)10(2,3)4/h8,12H,1,9H2,2-7H3. The second kappa shape index (κ2) is 3.58. The minimum absolute atomic E-state index is 0.222. The summed E-state index contributed by atoms with van der Waals surface area (Å²) in [5.74, 6) is 0. The van der Waals surface area contributed by atoms with E-state index >= 15 is 0 Å². The summed E-state index contributed by atoms with van der Waals surface area (Å²) < 4.78 is 0. The maximum atomic E-state index is 10.4. The van der Waals surface area contributed by atoms with Gasteiger partial charge in [0.2, 0.25) is 0 Å². The Morgan fingerprint density at radius 2 is 1.62 bits per heavy atom. The summed E-state index contributed by atoms with van der Waals surface area (Å²) in [6, 6.07) is 0. The van der Waals surface area contributed by atoms with Gasteiger partial charge in [0.1, 0.15) is 0 Å². The molecule has 0 saturated heterocycles. The lowest BCUT2D eigenvalue weighted by molar-refractivity contribution is 0.133. The Bertz CT molecular complexity index is 187. The molecule has 2 heteroatoms. The van der Waals surface area contributed by atoms with Gasteiger partial charge in [0.15, 0.2) is 0 Å². The van der Waals surface area contributed by atoms with E-state index in [-0.39, 0.29) is 5.04 Å². The van der Waals surface area contributed by atoms with E-state index in [0.717, 1.165) is 0 Å². The Kier molecular flexibility index (Phi) is 3.56. The molecule has 0 aliphatic rings. The first-order valence-electron chi connectivity index (χ1n) is 4.89. The van der Waals surface area contributed by atoms with Crippen molar-refractivity contribution in [3.63, 3.8) is 0 Å². The SMILES string of the molecule is C=CCC(C)(O)[Si](C)(C)C(C)(C)C. The predicted molar refractivity (Wildman–Crippen MR) is 62.6 cm³/mol. The van der Waals surface area contributed by atoms with Crippen LogP contribution in [0.4, 0.5) is 0 Å². The fourth-order valence-electron chi connectivity index (χ4n) is 1.34. The smallest absolute Gasteiger partial charge is 0.0904 e.